The number of hydrogen-bond donors (Lipinski definition) is 0. The van der Waals surface area contributed by atoms with Gasteiger partial charge in [0.15, 0.2) is 0 Å². The van der Waals surface area contributed by atoms with E-state index < -0.39 is 0 Å². The van der Waals surface area contributed by atoms with Gasteiger partial charge in [-0.05, 0) is 18.1 Å². The average Bonchev–Trinajstić information content (AvgIpc) is 2.29. The van der Waals surface area contributed by atoms with Crippen LogP contribution in [0.25, 0.3) is 0 Å². The Hall–Kier alpha value is -1.31. The highest BCUT2D eigenvalue weighted by Crippen LogP contribution is 2.18. The molecule has 0 spiro atoms. The molecule has 15 heavy (non-hydrogen) atoms. The minimum absolute atomic E-state index is 0.254. The number of benzene rings is 1. The quantitative estimate of drug-likeness (QED) is 0.715. The molecule has 0 atom stereocenters. The summed E-state index contributed by atoms with van der Waals surface area (Å²) in [5.74, 6) is 1.16. The molecule has 2 nitrogen and oxygen atoms in total. The third kappa shape index (κ3) is 3.74. The largest absolute Gasteiger partial charge is 0.493 e. The molecule has 0 saturated carbocycles. The molecule has 0 N–H and O–H groups in total. The van der Waals surface area contributed by atoms with E-state index in [1.165, 1.54) is 5.56 Å². The molecule has 0 saturated heterocycles. The maximum Gasteiger partial charge on any atom is 0.136 e. The Kier molecular flexibility index (Phi) is 4.88. The van der Waals surface area contributed by atoms with E-state index in [1.54, 1.807) is 0 Å². The lowest BCUT2D eigenvalue weighted by Crippen LogP contribution is -2.05. The zero-order valence-corrected chi connectivity index (χ0v) is 9.45. The Morgan fingerprint density at radius 1 is 1.27 bits per heavy atom. The zero-order valence-electron chi connectivity index (χ0n) is 9.45. The standard InChI is InChI=1S/C13H18O2/c1-3-11-7-5-6-8-13(11)15-10-9-12(14)4-2/h5-8H,3-4,9-10H2,1-2H3. The number of hydrogen-bond acceptors (Lipinski definition) is 2. The molecule has 1 rings (SSSR count). The third-order valence-corrected chi connectivity index (χ3v) is 2.39. The first-order chi connectivity index (χ1) is 7.27. The van der Waals surface area contributed by atoms with E-state index in [0.717, 1.165) is 12.2 Å². The highest BCUT2D eigenvalue weighted by Gasteiger charge is 2.02. The summed E-state index contributed by atoms with van der Waals surface area (Å²) in [6.45, 7) is 4.46. The van der Waals surface area contributed by atoms with Gasteiger partial charge in [-0.1, -0.05) is 32.0 Å². The van der Waals surface area contributed by atoms with Gasteiger partial charge in [-0.15, -0.1) is 0 Å². The normalized spacial score (nSPS) is 10.0. The predicted molar refractivity (Wildman–Crippen MR) is 61.2 cm³/mol. The Labute approximate surface area is 91.3 Å². The van der Waals surface area contributed by atoms with E-state index in [-0.39, 0.29) is 5.78 Å². The minimum Gasteiger partial charge on any atom is -0.493 e. The summed E-state index contributed by atoms with van der Waals surface area (Å²) in [7, 11) is 0. The van der Waals surface area contributed by atoms with Crippen molar-refractivity contribution < 1.29 is 9.53 Å². The van der Waals surface area contributed by atoms with Crippen LogP contribution < -0.4 is 4.74 Å². The molecule has 0 aliphatic carbocycles. The first-order valence-electron chi connectivity index (χ1n) is 5.50. The van der Waals surface area contributed by atoms with Crippen molar-refractivity contribution in [1.29, 1.82) is 0 Å². The van der Waals surface area contributed by atoms with Gasteiger partial charge in [-0.3, -0.25) is 4.79 Å². The van der Waals surface area contributed by atoms with Gasteiger partial charge in [0.1, 0.15) is 11.5 Å². The number of Topliss-reactive ketones (excluding diaryl/α,β-unsaturated/α-hetero) is 1. The molecular weight excluding hydrogens is 188 g/mol. The monoisotopic (exact) mass is 206 g/mol. The highest BCUT2D eigenvalue weighted by molar-refractivity contribution is 5.78. The van der Waals surface area contributed by atoms with E-state index in [1.807, 2.05) is 25.1 Å². The lowest BCUT2D eigenvalue weighted by Gasteiger charge is -2.09. The summed E-state index contributed by atoms with van der Waals surface area (Å²) in [6.07, 6.45) is 2.06. The van der Waals surface area contributed by atoms with Crippen molar-refractivity contribution in [2.75, 3.05) is 6.61 Å². The summed E-state index contributed by atoms with van der Waals surface area (Å²) >= 11 is 0. The van der Waals surface area contributed by atoms with Crippen LogP contribution in [0.2, 0.25) is 0 Å². The lowest BCUT2D eigenvalue weighted by molar-refractivity contribution is -0.119. The zero-order chi connectivity index (χ0) is 11.1. The topological polar surface area (TPSA) is 26.3 Å². The Morgan fingerprint density at radius 2 is 2.00 bits per heavy atom. The minimum atomic E-state index is 0.254. The fourth-order valence-electron chi connectivity index (χ4n) is 1.39. The molecule has 0 aromatic heterocycles. The molecule has 0 unspecified atom stereocenters. The number of para-hydroxylation sites is 1. The molecule has 0 radical (unpaired) electrons. The molecule has 0 aliphatic heterocycles. The van der Waals surface area contributed by atoms with Gasteiger partial charge < -0.3 is 4.74 Å². The van der Waals surface area contributed by atoms with Crippen molar-refractivity contribution in [1.82, 2.24) is 0 Å². The Bertz CT molecular complexity index is 318. The molecule has 1 aromatic carbocycles. The fraction of sp³-hybridized carbons (Fsp3) is 0.462. The van der Waals surface area contributed by atoms with Crippen LogP contribution in [0.3, 0.4) is 0 Å². The van der Waals surface area contributed by atoms with Crippen LogP contribution in [0.15, 0.2) is 24.3 Å². The number of ketones is 1. The van der Waals surface area contributed by atoms with E-state index in [4.69, 9.17) is 4.74 Å². The maximum absolute atomic E-state index is 11.1. The first kappa shape index (κ1) is 11.8. The number of ether oxygens (including phenoxy) is 1. The van der Waals surface area contributed by atoms with Crippen molar-refractivity contribution in [2.45, 2.75) is 33.1 Å². The SMILES string of the molecule is CCC(=O)CCOc1ccccc1CC. The van der Waals surface area contributed by atoms with Crippen LogP contribution in [-0.2, 0) is 11.2 Å². The van der Waals surface area contributed by atoms with E-state index >= 15 is 0 Å². The van der Waals surface area contributed by atoms with E-state index in [9.17, 15) is 4.79 Å². The number of carbonyl (C=O) groups is 1. The van der Waals surface area contributed by atoms with Gasteiger partial charge in [0.2, 0.25) is 0 Å². The molecule has 0 heterocycles. The van der Waals surface area contributed by atoms with E-state index in [2.05, 4.69) is 13.0 Å². The summed E-state index contributed by atoms with van der Waals surface area (Å²) in [4.78, 5) is 11.1. The second-order valence-electron chi connectivity index (χ2n) is 3.45. The molecule has 0 aliphatic rings. The van der Waals surface area contributed by atoms with Crippen LogP contribution in [0.1, 0.15) is 32.3 Å². The van der Waals surface area contributed by atoms with Gasteiger partial charge >= 0.3 is 0 Å². The molecular formula is C13H18O2. The van der Waals surface area contributed by atoms with Gasteiger partial charge in [-0.2, -0.15) is 0 Å². The smallest absolute Gasteiger partial charge is 0.136 e. The summed E-state index contributed by atoms with van der Waals surface area (Å²) in [5.41, 5.74) is 1.20. The van der Waals surface area contributed by atoms with Crippen LogP contribution >= 0.6 is 0 Å². The molecule has 1 aromatic rings. The Morgan fingerprint density at radius 3 is 2.67 bits per heavy atom. The van der Waals surface area contributed by atoms with Gasteiger partial charge in [0.05, 0.1) is 6.61 Å². The van der Waals surface area contributed by atoms with Crippen molar-refractivity contribution in [3.05, 3.63) is 29.8 Å². The number of aryl methyl sites for hydroxylation is 1. The second kappa shape index (κ2) is 6.23. The first-order valence-corrected chi connectivity index (χ1v) is 5.50. The van der Waals surface area contributed by atoms with Crippen LogP contribution in [-0.4, -0.2) is 12.4 Å². The van der Waals surface area contributed by atoms with Crippen molar-refractivity contribution in [3.63, 3.8) is 0 Å². The predicted octanol–water partition coefficient (Wildman–Crippen LogP) is 3.00. The van der Waals surface area contributed by atoms with Crippen molar-refractivity contribution in [2.24, 2.45) is 0 Å². The second-order valence-corrected chi connectivity index (χ2v) is 3.45. The number of rotatable bonds is 6. The summed E-state index contributed by atoms with van der Waals surface area (Å²) in [6, 6.07) is 7.96. The highest BCUT2D eigenvalue weighted by atomic mass is 16.5. The van der Waals surface area contributed by atoms with Crippen LogP contribution in [0, 0.1) is 0 Å². The third-order valence-electron chi connectivity index (χ3n) is 2.39. The van der Waals surface area contributed by atoms with Gasteiger partial charge in [-0.25, -0.2) is 0 Å². The molecule has 2 heteroatoms. The van der Waals surface area contributed by atoms with Crippen molar-refractivity contribution in [3.8, 4) is 5.75 Å². The lowest BCUT2D eigenvalue weighted by atomic mass is 10.1. The van der Waals surface area contributed by atoms with Gasteiger partial charge in [0.25, 0.3) is 0 Å². The summed E-state index contributed by atoms with van der Waals surface area (Å²) < 4.78 is 5.58. The maximum atomic E-state index is 11.1. The Balaban J connectivity index is 2.46. The van der Waals surface area contributed by atoms with E-state index in [0.29, 0.717) is 19.4 Å². The average molecular weight is 206 g/mol. The molecule has 0 bridgehead atoms. The van der Waals surface area contributed by atoms with Crippen LogP contribution in [0.5, 0.6) is 5.75 Å². The number of carbonyl (C=O) groups excluding carboxylic acids is 1. The fourth-order valence-corrected chi connectivity index (χ4v) is 1.39. The van der Waals surface area contributed by atoms with Crippen LogP contribution in [0.4, 0.5) is 0 Å². The van der Waals surface area contributed by atoms with Gasteiger partial charge in [0, 0.05) is 12.8 Å². The van der Waals surface area contributed by atoms with Crippen molar-refractivity contribution >= 4 is 5.78 Å². The molecule has 0 fully saturated rings. The summed E-state index contributed by atoms with van der Waals surface area (Å²) in [5, 5.41) is 0. The molecule has 82 valence electrons. The molecule has 0 amide bonds.